The highest BCUT2D eigenvalue weighted by molar-refractivity contribution is 6.03. The molecule has 1 aromatic carbocycles. The van der Waals surface area contributed by atoms with Crippen LogP contribution < -0.4 is 10.6 Å². The number of nitrogens with zero attached hydrogens (tertiary/aromatic N) is 2. The Bertz CT molecular complexity index is 1260. The van der Waals surface area contributed by atoms with E-state index in [1.54, 1.807) is 23.0 Å². The van der Waals surface area contributed by atoms with Gasteiger partial charge in [0.05, 0.1) is 17.3 Å². The summed E-state index contributed by atoms with van der Waals surface area (Å²) < 4.78 is 1.66. The molecule has 3 heterocycles. The quantitative estimate of drug-likeness (QED) is 0.480. The normalized spacial score (nSPS) is 11.7. The second-order valence-corrected chi connectivity index (χ2v) is 8.45. The van der Waals surface area contributed by atoms with Crippen LogP contribution in [0.1, 0.15) is 42.3 Å². The molecule has 0 aliphatic heterocycles. The number of benzene rings is 1. The Labute approximate surface area is 174 Å². The third-order valence-electron chi connectivity index (χ3n) is 5.24. The molecule has 0 radical (unpaired) electrons. The van der Waals surface area contributed by atoms with E-state index in [0.29, 0.717) is 23.3 Å². The first-order valence-corrected chi connectivity index (χ1v) is 9.87. The van der Waals surface area contributed by atoms with Crippen LogP contribution in [0, 0.1) is 12.3 Å². The summed E-state index contributed by atoms with van der Waals surface area (Å²) in [5, 5.41) is 11.3. The standard InChI is InChI=1S/C23H25N5O2/c1-14-18(27-22(30)23(2,3)4)9-11-28-20(14)17(13-26-28)21(29)25-12-15-6-5-7-19-16(15)8-10-24-19/h5-11,13,24H,12H2,1-4H3,(H,25,29)(H,27,30). The smallest absolute Gasteiger partial charge is 0.255 e. The van der Waals surface area contributed by atoms with Gasteiger partial charge in [-0.05, 0) is 36.2 Å². The number of aromatic amines is 1. The molecule has 30 heavy (non-hydrogen) atoms. The predicted octanol–water partition coefficient (Wildman–Crippen LogP) is 4.04. The molecule has 154 valence electrons. The first-order valence-electron chi connectivity index (χ1n) is 9.87. The molecule has 0 bridgehead atoms. The number of pyridine rings is 1. The number of rotatable bonds is 4. The van der Waals surface area contributed by atoms with Crippen LogP contribution in [0.2, 0.25) is 0 Å². The van der Waals surface area contributed by atoms with Gasteiger partial charge in [0, 0.05) is 40.9 Å². The molecule has 4 aromatic rings. The zero-order chi connectivity index (χ0) is 21.5. The van der Waals surface area contributed by atoms with Gasteiger partial charge in [0.2, 0.25) is 5.91 Å². The summed E-state index contributed by atoms with van der Waals surface area (Å²) in [6.07, 6.45) is 5.19. The lowest BCUT2D eigenvalue weighted by molar-refractivity contribution is -0.123. The molecule has 2 amide bonds. The lowest BCUT2D eigenvalue weighted by atomic mass is 9.95. The van der Waals surface area contributed by atoms with Gasteiger partial charge in [-0.3, -0.25) is 9.59 Å². The SMILES string of the molecule is Cc1c(NC(=O)C(C)(C)C)ccn2ncc(C(=O)NCc3cccc4[nH]ccc34)c12. The van der Waals surface area contributed by atoms with Crippen LogP contribution in [0.5, 0.6) is 0 Å². The van der Waals surface area contributed by atoms with E-state index < -0.39 is 5.41 Å². The van der Waals surface area contributed by atoms with Crippen LogP contribution in [0.25, 0.3) is 16.4 Å². The molecule has 0 aliphatic rings. The monoisotopic (exact) mass is 403 g/mol. The Morgan fingerprint density at radius 3 is 2.73 bits per heavy atom. The number of aromatic nitrogens is 3. The highest BCUT2D eigenvalue weighted by Gasteiger charge is 2.23. The summed E-state index contributed by atoms with van der Waals surface area (Å²) in [6.45, 7) is 7.87. The Hall–Kier alpha value is -3.61. The molecule has 3 aromatic heterocycles. The second kappa shape index (κ2) is 7.33. The lowest BCUT2D eigenvalue weighted by Crippen LogP contribution is -2.28. The van der Waals surface area contributed by atoms with Crippen molar-refractivity contribution in [1.82, 2.24) is 19.9 Å². The topological polar surface area (TPSA) is 91.3 Å². The van der Waals surface area contributed by atoms with Crippen molar-refractivity contribution in [2.24, 2.45) is 5.41 Å². The van der Waals surface area contributed by atoms with Crippen molar-refractivity contribution in [3.63, 3.8) is 0 Å². The van der Waals surface area contributed by atoms with Crippen molar-refractivity contribution in [3.05, 3.63) is 65.6 Å². The molecule has 0 atom stereocenters. The fraction of sp³-hybridized carbons (Fsp3) is 0.261. The van der Waals surface area contributed by atoms with E-state index in [4.69, 9.17) is 0 Å². The number of amides is 2. The molecule has 0 aliphatic carbocycles. The Balaban J connectivity index is 1.60. The molecular weight excluding hydrogens is 378 g/mol. The van der Waals surface area contributed by atoms with Crippen LogP contribution in [0.4, 0.5) is 5.69 Å². The molecule has 0 unspecified atom stereocenters. The van der Waals surface area contributed by atoms with Gasteiger partial charge in [-0.1, -0.05) is 32.9 Å². The average molecular weight is 403 g/mol. The number of hydrogen-bond donors (Lipinski definition) is 3. The van der Waals surface area contributed by atoms with E-state index in [1.165, 1.54) is 0 Å². The molecule has 0 fully saturated rings. The van der Waals surface area contributed by atoms with Gasteiger partial charge in [-0.25, -0.2) is 4.52 Å². The average Bonchev–Trinajstić information content (AvgIpc) is 3.34. The van der Waals surface area contributed by atoms with Crippen molar-refractivity contribution >= 4 is 33.9 Å². The van der Waals surface area contributed by atoms with Crippen molar-refractivity contribution in [3.8, 4) is 0 Å². The molecule has 3 N–H and O–H groups in total. The van der Waals surface area contributed by atoms with Gasteiger partial charge in [0.25, 0.3) is 5.91 Å². The van der Waals surface area contributed by atoms with Gasteiger partial charge < -0.3 is 15.6 Å². The second-order valence-electron chi connectivity index (χ2n) is 8.45. The summed E-state index contributed by atoms with van der Waals surface area (Å²) >= 11 is 0. The fourth-order valence-corrected chi connectivity index (χ4v) is 3.43. The number of nitrogens with one attached hydrogen (secondary N) is 3. The summed E-state index contributed by atoms with van der Waals surface area (Å²) in [5.74, 6) is -0.292. The van der Waals surface area contributed by atoms with E-state index in [1.807, 2.05) is 58.2 Å². The van der Waals surface area contributed by atoms with E-state index in [0.717, 1.165) is 22.0 Å². The van der Waals surface area contributed by atoms with E-state index >= 15 is 0 Å². The first-order chi connectivity index (χ1) is 14.3. The van der Waals surface area contributed by atoms with E-state index in [9.17, 15) is 9.59 Å². The summed E-state index contributed by atoms with van der Waals surface area (Å²) in [6, 6.07) is 9.76. The summed E-state index contributed by atoms with van der Waals surface area (Å²) in [4.78, 5) is 28.5. The third kappa shape index (κ3) is 3.54. The minimum absolute atomic E-state index is 0.0833. The highest BCUT2D eigenvalue weighted by atomic mass is 16.2. The summed E-state index contributed by atoms with van der Waals surface area (Å²) in [7, 11) is 0. The van der Waals surface area contributed by atoms with Crippen LogP contribution in [-0.4, -0.2) is 26.4 Å². The van der Waals surface area contributed by atoms with Crippen LogP contribution in [0.15, 0.2) is 48.9 Å². The van der Waals surface area contributed by atoms with E-state index in [-0.39, 0.29) is 11.8 Å². The van der Waals surface area contributed by atoms with Gasteiger partial charge in [0.1, 0.15) is 0 Å². The Morgan fingerprint density at radius 1 is 1.17 bits per heavy atom. The van der Waals surface area contributed by atoms with Crippen molar-refractivity contribution in [2.45, 2.75) is 34.2 Å². The third-order valence-corrected chi connectivity index (χ3v) is 5.24. The molecule has 0 saturated carbocycles. The number of fused-ring (bicyclic) bond motifs is 2. The minimum Gasteiger partial charge on any atom is -0.361 e. The number of anilines is 1. The van der Waals surface area contributed by atoms with Gasteiger partial charge in [-0.15, -0.1) is 0 Å². The Kier molecular flexibility index (Phi) is 4.81. The van der Waals surface area contributed by atoms with Crippen molar-refractivity contribution in [1.29, 1.82) is 0 Å². The molecule has 4 rings (SSSR count). The van der Waals surface area contributed by atoms with Gasteiger partial charge in [0.15, 0.2) is 0 Å². The molecule has 7 heteroatoms. The maximum atomic E-state index is 13.0. The molecule has 0 saturated heterocycles. The molecular formula is C23H25N5O2. The molecule has 7 nitrogen and oxygen atoms in total. The first kappa shape index (κ1) is 19.7. The largest absolute Gasteiger partial charge is 0.361 e. The van der Waals surface area contributed by atoms with Crippen LogP contribution >= 0.6 is 0 Å². The number of aryl methyl sites for hydroxylation is 1. The number of carbonyl (C=O) groups is 2. The predicted molar refractivity (Wildman–Crippen MR) is 117 cm³/mol. The van der Waals surface area contributed by atoms with Crippen molar-refractivity contribution < 1.29 is 9.59 Å². The zero-order valence-electron chi connectivity index (χ0n) is 17.5. The molecule has 0 spiro atoms. The maximum Gasteiger partial charge on any atom is 0.255 e. The Morgan fingerprint density at radius 2 is 1.97 bits per heavy atom. The highest BCUT2D eigenvalue weighted by Crippen LogP contribution is 2.25. The van der Waals surface area contributed by atoms with E-state index in [2.05, 4.69) is 20.7 Å². The van der Waals surface area contributed by atoms with Gasteiger partial charge in [-0.2, -0.15) is 5.10 Å². The van der Waals surface area contributed by atoms with Gasteiger partial charge >= 0.3 is 0 Å². The zero-order valence-corrected chi connectivity index (χ0v) is 17.5. The minimum atomic E-state index is -0.516. The lowest BCUT2D eigenvalue weighted by Gasteiger charge is -2.19. The number of H-pyrrole nitrogens is 1. The number of carbonyl (C=O) groups excluding carboxylic acids is 2. The number of hydrogen-bond acceptors (Lipinski definition) is 3. The van der Waals surface area contributed by atoms with Crippen LogP contribution in [0.3, 0.4) is 0 Å². The fourth-order valence-electron chi connectivity index (χ4n) is 3.43. The van der Waals surface area contributed by atoms with Crippen LogP contribution in [-0.2, 0) is 11.3 Å². The van der Waals surface area contributed by atoms with Crippen molar-refractivity contribution in [2.75, 3.05) is 5.32 Å². The maximum absolute atomic E-state index is 13.0. The summed E-state index contributed by atoms with van der Waals surface area (Å²) in [5.41, 5.74) is 4.18.